The van der Waals surface area contributed by atoms with Gasteiger partial charge in [0.1, 0.15) is 0 Å². The maximum atomic E-state index is 12.4. The van der Waals surface area contributed by atoms with Gasteiger partial charge in [0.25, 0.3) is 5.91 Å². The minimum absolute atomic E-state index is 0.354. The van der Waals surface area contributed by atoms with Crippen LogP contribution in [0.2, 0.25) is 0 Å². The molecule has 1 fully saturated rings. The van der Waals surface area contributed by atoms with Gasteiger partial charge in [0.2, 0.25) is 0 Å². The highest BCUT2D eigenvalue weighted by Gasteiger charge is 2.26. The van der Waals surface area contributed by atoms with Gasteiger partial charge in [-0.1, -0.05) is 36.1 Å². The first-order valence-corrected chi connectivity index (χ1v) is 11.2. The van der Waals surface area contributed by atoms with E-state index in [1.165, 1.54) is 19.6 Å². The Bertz CT molecular complexity index is 1040. The zero-order chi connectivity index (χ0) is 24.3. The summed E-state index contributed by atoms with van der Waals surface area (Å²) in [5.74, 6) is 4.85. The zero-order valence-electron chi connectivity index (χ0n) is 19.5. The number of esters is 1. The molecule has 7 nitrogen and oxygen atoms in total. The minimum atomic E-state index is -1.13. The molecule has 1 saturated heterocycles. The summed E-state index contributed by atoms with van der Waals surface area (Å²) >= 11 is 0. The number of amides is 1. The Morgan fingerprint density at radius 1 is 1.15 bits per heavy atom. The van der Waals surface area contributed by atoms with E-state index in [2.05, 4.69) is 51.1 Å². The number of carbonyl (C=O) groups excluding carboxylic acids is 2. The van der Waals surface area contributed by atoms with Gasteiger partial charge in [-0.05, 0) is 54.5 Å². The van der Waals surface area contributed by atoms with E-state index >= 15 is 0 Å². The van der Waals surface area contributed by atoms with Gasteiger partial charge in [0.15, 0.2) is 6.04 Å². The average molecular weight is 463 g/mol. The molecule has 2 N–H and O–H groups in total. The topological polar surface area (TPSA) is 88.1 Å². The maximum Gasteiger partial charge on any atom is 0.331 e. The van der Waals surface area contributed by atoms with Crippen LogP contribution in [0.4, 0.5) is 0 Å². The summed E-state index contributed by atoms with van der Waals surface area (Å²) in [4.78, 5) is 26.4. The lowest BCUT2D eigenvalue weighted by Crippen LogP contribution is -2.48. The van der Waals surface area contributed by atoms with Crippen molar-refractivity contribution in [3.8, 4) is 11.8 Å². The third kappa shape index (κ3) is 7.56. The van der Waals surface area contributed by atoms with E-state index < -0.39 is 24.0 Å². The van der Waals surface area contributed by atoms with Crippen LogP contribution in [-0.4, -0.2) is 67.4 Å². The lowest BCUT2D eigenvalue weighted by molar-refractivity contribution is -0.145. The Morgan fingerprint density at radius 2 is 1.82 bits per heavy atom. The number of benzene rings is 2. The van der Waals surface area contributed by atoms with Crippen molar-refractivity contribution in [1.82, 2.24) is 10.2 Å². The number of hydrogen-bond acceptors (Lipinski definition) is 6. The highest BCUT2D eigenvalue weighted by Crippen LogP contribution is 2.10. The third-order valence-corrected chi connectivity index (χ3v) is 5.44. The fraction of sp³-hybridized carbons (Fsp3) is 0.333. The van der Waals surface area contributed by atoms with Crippen LogP contribution in [0, 0.1) is 11.8 Å². The Morgan fingerprint density at radius 3 is 2.44 bits per heavy atom. The molecular formula is C27H30N2O5. The molecule has 0 saturated carbocycles. The number of aliphatic hydroxyl groups excluding tert-OH is 1. The molecule has 2 aromatic rings. The molecule has 0 radical (unpaired) electrons. The molecule has 2 aromatic carbocycles. The van der Waals surface area contributed by atoms with Crippen molar-refractivity contribution in [2.45, 2.75) is 25.6 Å². The lowest BCUT2D eigenvalue weighted by Gasteiger charge is -2.26. The van der Waals surface area contributed by atoms with Crippen molar-refractivity contribution in [3.63, 3.8) is 0 Å². The number of morpholine rings is 1. The summed E-state index contributed by atoms with van der Waals surface area (Å²) in [6, 6.07) is 14.0. The van der Waals surface area contributed by atoms with Gasteiger partial charge in [-0.2, -0.15) is 0 Å². The van der Waals surface area contributed by atoms with Crippen LogP contribution in [0.3, 0.4) is 0 Å². The number of nitrogens with zero attached hydrogens (tertiary/aromatic N) is 1. The van der Waals surface area contributed by atoms with Gasteiger partial charge >= 0.3 is 5.97 Å². The molecule has 0 spiro atoms. The van der Waals surface area contributed by atoms with E-state index in [1.807, 2.05) is 6.08 Å². The molecule has 1 aliphatic heterocycles. The van der Waals surface area contributed by atoms with Crippen LogP contribution in [0.5, 0.6) is 0 Å². The minimum Gasteiger partial charge on any atom is -0.467 e. The van der Waals surface area contributed by atoms with E-state index in [9.17, 15) is 14.7 Å². The summed E-state index contributed by atoms with van der Waals surface area (Å²) < 4.78 is 10.00. The molecule has 7 heteroatoms. The summed E-state index contributed by atoms with van der Waals surface area (Å²) in [5.41, 5.74) is 3.46. The number of aliphatic hydroxyl groups is 1. The normalized spacial score (nSPS) is 15.7. The highest BCUT2D eigenvalue weighted by atomic mass is 16.5. The highest BCUT2D eigenvalue weighted by molar-refractivity contribution is 5.97. The van der Waals surface area contributed by atoms with Crippen LogP contribution < -0.4 is 5.32 Å². The van der Waals surface area contributed by atoms with Crippen LogP contribution in [0.1, 0.15) is 34.0 Å². The average Bonchev–Trinajstić information content (AvgIpc) is 2.86. The molecule has 178 valence electrons. The Kier molecular flexibility index (Phi) is 9.41. The number of rotatable bonds is 7. The summed E-state index contributed by atoms with van der Waals surface area (Å²) in [6.45, 7) is 5.89. The van der Waals surface area contributed by atoms with E-state index in [-0.39, 0.29) is 0 Å². The van der Waals surface area contributed by atoms with Crippen molar-refractivity contribution in [1.29, 1.82) is 0 Å². The second kappa shape index (κ2) is 12.7. The van der Waals surface area contributed by atoms with E-state index in [1.54, 1.807) is 30.3 Å². The molecule has 34 heavy (non-hydrogen) atoms. The molecule has 1 heterocycles. The maximum absolute atomic E-state index is 12.4. The van der Waals surface area contributed by atoms with Crippen LogP contribution >= 0.6 is 0 Å². The number of allylic oxidation sites excluding steroid dienone is 1. The smallest absolute Gasteiger partial charge is 0.331 e. The van der Waals surface area contributed by atoms with Crippen molar-refractivity contribution < 1.29 is 24.2 Å². The second-order valence-electron chi connectivity index (χ2n) is 8.03. The standard InChI is InChI=1S/C27H30N2O5/c1-20(30)25(27(32)33-2)28-26(31)24-13-11-22(12-14-24)6-4-3-5-21-7-9-23(10-8-21)19-29-15-17-34-18-16-29/h3,5,7-14,20,25,30H,15-19H2,1-2H3,(H,28,31)/b5-3+/t20-,25+/m1/s1. The van der Waals surface area contributed by atoms with Crippen molar-refractivity contribution in [3.05, 3.63) is 76.9 Å². The number of ether oxygens (including phenoxy) is 2. The number of carbonyl (C=O) groups is 2. The molecule has 1 amide bonds. The lowest BCUT2D eigenvalue weighted by atomic mass is 10.1. The molecule has 0 bridgehead atoms. The fourth-order valence-electron chi connectivity index (χ4n) is 3.45. The number of methoxy groups -OCH3 is 1. The summed E-state index contributed by atoms with van der Waals surface area (Å²) in [5, 5.41) is 12.2. The van der Waals surface area contributed by atoms with Crippen molar-refractivity contribution in [2.24, 2.45) is 0 Å². The second-order valence-corrected chi connectivity index (χ2v) is 8.03. The largest absolute Gasteiger partial charge is 0.467 e. The molecular weight excluding hydrogens is 432 g/mol. The van der Waals surface area contributed by atoms with Crippen molar-refractivity contribution in [2.75, 3.05) is 33.4 Å². The first-order valence-electron chi connectivity index (χ1n) is 11.2. The van der Waals surface area contributed by atoms with Gasteiger partial charge in [0.05, 0.1) is 26.4 Å². The number of hydrogen-bond donors (Lipinski definition) is 2. The van der Waals surface area contributed by atoms with E-state index in [0.29, 0.717) is 5.56 Å². The molecule has 1 aliphatic rings. The molecule has 0 aromatic heterocycles. The fourth-order valence-corrected chi connectivity index (χ4v) is 3.45. The SMILES string of the molecule is COC(=O)[C@@H](NC(=O)c1ccc(C#C/C=C/c2ccc(CN3CCOCC3)cc2)cc1)[C@@H](C)O. The van der Waals surface area contributed by atoms with Gasteiger partial charge in [-0.3, -0.25) is 9.69 Å². The van der Waals surface area contributed by atoms with Gasteiger partial charge < -0.3 is 19.9 Å². The molecule has 0 aliphatic carbocycles. The third-order valence-electron chi connectivity index (χ3n) is 5.44. The quantitative estimate of drug-likeness (QED) is 0.485. The van der Waals surface area contributed by atoms with Gasteiger partial charge in [0, 0.05) is 30.8 Å². The van der Waals surface area contributed by atoms with Crippen molar-refractivity contribution >= 4 is 18.0 Å². The first-order chi connectivity index (χ1) is 16.5. The Hall–Kier alpha value is -3.44. The number of nitrogens with one attached hydrogen (secondary N) is 1. The molecule has 2 atom stereocenters. The van der Waals surface area contributed by atoms with Gasteiger partial charge in [-0.25, -0.2) is 4.79 Å². The predicted molar refractivity (Wildman–Crippen MR) is 130 cm³/mol. The Labute approximate surface area is 200 Å². The predicted octanol–water partition coefficient (Wildman–Crippen LogP) is 2.24. The molecule has 3 rings (SSSR count). The molecule has 0 unspecified atom stereocenters. The Balaban J connectivity index is 1.53. The first kappa shape index (κ1) is 25.2. The van der Waals surface area contributed by atoms with E-state index in [0.717, 1.165) is 44.0 Å². The monoisotopic (exact) mass is 462 g/mol. The summed E-state index contributed by atoms with van der Waals surface area (Å²) in [7, 11) is 1.20. The van der Waals surface area contributed by atoms with E-state index in [4.69, 9.17) is 4.74 Å². The van der Waals surface area contributed by atoms with Gasteiger partial charge in [-0.15, -0.1) is 0 Å². The van der Waals surface area contributed by atoms with Crippen LogP contribution in [0.15, 0.2) is 54.6 Å². The van der Waals surface area contributed by atoms with Crippen LogP contribution in [-0.2, 0) is 20.8 Å². The van der Waals surface area contributed by atoms with Crippen LogP contribution in [0.25, 0.3) is 6.08 Å². The zero-order valence-corrected chi connectivity index (χ0v) is 19.5. The summed E-state index contributed by atoms with van der Waals surface area (Å²) in [6.07, 6.45) is 2.67.